The summed E-state index contributed by atoms with van der Waals surface area (Å²) in [5, 5.41) is 28.6. The van der Waals surface area contributed by atoms with E-state index < -0.39 is 50.4 Å². The lowest BCUT2D eigenvalue weighted by Crippen LogP contribution is -2.45. The first-order valence-electron chi connectivity index (χ1n) is 13.3. The number of aliphatic hydroxyl groups is 2. The molecule has 226 valence electrons. The quantitative estimate of drug-likeness (QED) is 0.135. The molecule has 42 heavy (non-hydrogen) atoms. The number of fused-ring (bicyclic) bond motifs is 1. The number of carbonyl (C=O) groups is 1. The van der Waals surface area contributed by atoms with Crippen molar-refractivity contribution in [3.63, 3.8) is 0 Å². The minimum absolute atomic E-state index is 0.143. The number of aromatic nitrogens is 3. The van der Waals surface area contributed by atoms with Gasteiger partial charge in [0, 0.05) is 0 Å². The molecule has 14 nitrogen and oxygen atoms in total. The first kappa shape index (κ1) is 31.4. The Morgan fingerprint density at radius 3 is 2.69 bits per heavy atom. The van der Waals surface area contributed by atoms with E-state index in [1.807, 2.05) is 20.8 Å². The molecule has 1 saturated heterocycles. The topological polar surface area (TPSA) is 184 Å². The van der Waals surface area contributed by atoms with E-state index in [1.165, 1.54) is 29.9 Å². The van der Waals surface area contributed by atoms with E-state index in [2.05, 4.69) is 20.0 Å². The van der Waals surface area contributed by atoms with Crippen molar-refractivity contribution in [3.8, 4) is 5.75 Å². The predicted molar refractivity (Wildman–Crippen MR) is 151 cm³/mol. The number of hydrogen-bond acceptors (Lipinski definition) is 11. The number of aliphatic hydroxyl groups excluding tert-OH is 2. The van der Waals surface area contributed by atoms with Crippen LogP contribution in [0.15, 0.2) is 48.8 Å². The van der Waals surface area contributed by atoms with Gasteiger partial charge in [-0.05, 0) is 43.0 Å². The highest BCUT2D eigenvalue weighted by molar-refractivity contribution is 7.52. The first-order valence-corrected chi connectivity index (χ1v) is 14.8. The minimum Gasteiger partial charge on any atom is -0.464 e. The fourth-order valence-corrected chi connectivity index (χ4v) is 5.64. The third kappa shape index (κ3) is 6.57. The predicted octanol–water partition coefficient (Wildman–Crippen LogP) is 2.88. The summed E-state index contributed by atoms with van der Waals surface area (Å²) in [4.78, 5) is 20.1. The number of benzene rings is 1. The van der Waals surface area contributed by atoms with Crippen LogP contribution in [-0.4, -0.2) is 68.0 Å². The van der Waals surface area contributed by atoms with Crippen molar-refractivity contribution in [2.24, 2.45) is 5.41 Å². The lowest BCUT2D eigenvalue weighted by molar-refractivity contribution is -0.148. The summed E-state index contributed by atoms with van der Waals surface area (Å²) in [6.07, 6.45) is -2.61. The Bertz CT molecular complexity index is 1490. The molecule has 3 heterocycles. The van der Waals surface area contributed by atoms with Crippen LogP contribution in [0, 0.1) is 12.0 Å². The van der Waals surface area contributed by atoms with Gasteiger partial charge in [-0.2, -0.15) is 10.2 Å². The van der Waals surface area contributed by atoms with Crippen LogP contribution in [0.25, 0.3) is 10.4 Å². The van der Waals surface area contributed by atoms with Crippen LogP contribution in [0.3, 0.4) is 0 Å². The molecule has 1 aliphatic heterocycles. The molecule has 4 rings (SSSR count). The van der Waals surface area contributed by atoms with E-state index in [0.29, 0.717) is 11.2 Å². The number of nitrogen functional groups attached to an aromatic ring is 1. The summed E-state index contributed by atoms with van der Waals surface area (Å²) < 4.78 is 38.0. The Balaban J connectivity index is 1.56. The SMILES string of the molecule is [C-]#[N+][C@]1(COP(=O)(N[C@@H](C)C(=O)OCC(C)(C)CC)Oc2ccccc2)O[C@@H](c2ccc3c(N)ncnn23)[C@H](O)[C@@H]1O. The fourth-order valence-electron chi connectivity index (χ4n) is 4.13. The number of nitrogens with two attached hydrogens (primary N) is 1. The standard InChI is InChI=1S/C27H35N6O8P/c1-6-26(3,4)14-38-25(36)17(2)32-42(37,41-18-10-8-7-9-11-18)39-15-27(29-5)23(35)21(34)22(40-27)19-12-13-20-24(28)30-16-31-33(19)20/h7-13,16-17,21-23,34-35H,6,14-15H2,1-4H3,(H,32,37)(H2,28,30,31)/t17-,21-,22-,23-,27+,42?/m0/s1. The zero-order valence-electron chi connectivity index (χ0n) is 23.7. The molecule has 3 aromatic rings. The van der Waals surface area contributed by atoms with Gasteiger partial charge in [0.05, 0.1) is 12.3 Å². The number of hydrogen-bond donors (Lipinski definition) is 4. The van der Waals surface area contributed by atoms with Crippen LogP contribution in [0.1, 0.15) is 45.9 Å². The molecule has 5 N–H and O–H groups in total. The maximum Gasteiger partial charge on any atom is 0.459 e. The second kappa shape index (κ2) is 12.3. The average Bonchev–Trinajstić information content (AvgIpc) is 3.51. The number of esters is 1. The Labute approximate surface area is 243 Å². The molecule has 1 unspecified atom stereocenters. The van der Waals surface area contributed by atoms with Gasteiger partial charge in [-0.3, -0.25) is 18.9 Å². The molecule has 0 spiro atoms. The van der Waals surface area contributed by atoms with Crippen LogP contribution in [0.4, 0.5) is 5.82 Å². The van der Waals surface area contributed by atoms with Crippen LogP contribution in [0.5, 0.6) is 5.75 Å². The molecule has 0 aliphatic carbocycles. The van der Waals surface area contributed by atoms with Gasteiger partial charge in [-0.15, -0.1) is 0 Å². The second-order valence-corrected chi connectivity index (χ2v) is 12.5. The fraction of sp³-hybridized carbons (Fsp3) is 0.481. The number of carbonyl (C=O) groups excluding carboxylic acids is 1. The number of nitrogens with one attached hydrogen (secondary N) is 1. The zero-order valence-corrected chi connectivity index (χ0v) is 24.6. The second-order valence-electron chi connectivity index (χ2n) is 10.8. The Morgan fingerprint density at radius 2 is 2.02 bits per heavy atom. The third-order valence-electron chi connectivity index (χ3n) is 7.10. The third-order valence-corrected chi connectivity index (χ3v) is 8.72. The minimum atomic E-state index is -4.41. The zero-order chi connectivity index (χ0) is 30.7. The van der Waals surface area contributed by atoms with E-state index in [4.69, 9.17) is 30.8 Å². The maximum atomic E-state index is 14.0. The van der Waals surface area contributed by atoms with Crippen molar-refractivity contribution in [1.82, 2.24) is 19.7 Å². The van der Waals surface area contributed by atoms with Gasteiger partial charge < -0.3 is 25.2 Å². The van der Waals surface area contributed by atoms with Gasteiger partial charge in [0.1, 0.15) is 35.8 Å². The molecule has 1 fully saturated rings. The number of nitrogens with zero attached hydrogens (tertiary/aromatic N) is 4. The van der Waals surface area contributed by atoms with E-state index in [0.717, 1.165) is 6.42 Å². The molecule has 0 radical (unpaired) electrons. The summed E-state index contributed by atoms with van der Waals surface area (Å²) in [6, 6.07) is 10.1. The highest BCUT2D eigenvalue weighted by Gasteiger charge is 2.62. The van der Waals surface area contributed by atoms with E-state index in [9.17, 15) is 19.6 Å². The molecule has 2 aromatic heterocycles. The van der Waals surface area contributed by atoms with Crippen LogP contribution < -0.4 is 15.3 Å². The molecule has 1 aliphatic rings. The van der Waals surface area contributed by atoms with Gasteiger partial charge in [-0.1, -0.05) is 39.0 Å². The molecular formula is C27H35N6O8P. The molecule has 15 heteroatoms. The van der Waals surface area contributed by atoms with Gasteiger partial charge in [0.2, 0.25) is 0 Å². The molecule has 1 aromatic carbocycles. The molecule has 0 amide bonds. The van der Waals surface area contributed by atoms with Crippen molar-refractivity contribution in [2.75, 3.05) is 18.9 Å². The molecule has 6 atom stereocenters. The van der Waals surface area contributed by atoms with E-state index in [1.54, 1.807) is 30.3 Å². The van der Waals surface area contributed by atoms with E-state index >= 15 is 0 Å². The summed E-state index contributed by atoms with van der Waals surface area (Å²) in [6.45, 7) is 14.5. The Hall–Kier alpha value is -3.57. The first-order chi connectivity index (χ1) is 19.8. The summed E-state index contributed by atoms with van der Waals surface area (Å²) in [5.41, 5.74) is 4.18. The van der Waals surface area contributed by atoms with Crippen molar-refractivity contribution in [2.45, 2.75) is 64.2 Å². The number of rotatable bonds is 12. The van der Waals surface area contributed by atoms with Crippen molar-refractivity contribution >= 4 is 25.1 Å². The lowest BCUT2D eigenvalue weighted by Gasteiger charge is -2.27. The molecular weight excluding hydrogens is 567 g/mol. The maximum absolute atomic E-state index is 14.0. The number of anilines is 1. The monoisotopic (exact) mass is 602 g/mol. The van der Waals surface area contributed by atoms with Crippen molar-refractivity contribution in [3.05, 3.63) is 65.9 Å². The van der Waals surface area contributed by atoms with Gasteiger partial charge in [-0.25, -0.2) is 20.6 Å². The number of para-hydroxylation sites is 1. The average molecular weight is 603 g/mol. The van der Waals surface area contributed by atoms with Crippen LogP contribution in [-0.2, 0) is 23.4 Å². The summed E-state index contributed by atoms with van der Waals surface area (Å²) in [5.74, 6) is -0.355. The van der Waals surface area contributed by atoms with E-state index in [-0.39, 0.29) is 23.6 Å². The summed E-state index contributed by atoms with van der Waals surface area (Å²) in [7, 11) is -4.41. The van der Waals surface area contributed by atoms with Crippen LogP contribution in [0.2, 0.25) is 0 Å². The van der Waals surface area contributed by atoms with Crippen LogP contribution >= 0.6 is 7.75 Å². The van der Waals surface area contributed by atoms with Crippen molar-refractivity contribution < 1.29 is 38.1 Å². The largest absolute Gasteiger partial charge is 0.464 e. The highest BCUT2D eigenvalue weighted by atomic mass is 31.2. The van der Waals surface area contributed by atoms with Gasteiger partial charge >= 0.3 is 19.4 Å². The van der Waals surface area contributed by atoms with Gasteiger partial charge in [0.15, 0.2) is 18.5 Å². The highest BCUT2D eigenvalue weighted by Crippen LogP contribution is 2.49. The van der Waals surface area contributed by atoms with Gasteiger partial charge in [0.25, 0.3) is 0 Å². The summed E-state index contributed by atoms with van der Waals surface area (Å²) >= 11 is 0. The smallest absolute Gasteiger partial charge is 0.459 e. The normalized spacial score (nSPS) is 24.5. The Morgan fingerprint density at radius 1 is 1.31 bits per heavy atom. The number of ether oxygens (including phenoxy) is 2. The lowest BCUT2D eigenvalue weighted by atomic mass is 9.92. The van der Waals surface area contributed by atoms with Crippen molar-refractivity contribution in [1.29, 1.82) is 0 Å². The molecule has 0 saturated carbocycles. The molecule has 0 bridgehead atoms. The Kier molecular flexibility index (Phi) is 9.22.